The molecule has 2 aliphatic rings. The molecule has 3 amide bonds. The number of piperazine rings is 1. The van der Waals surface area contributed by atoms with Gasteiger partial charge in [0, 0.05) is 43.6 Å². The molecule has 0 unspecified atom stereocenters. The number of halogens is 1. The molecule has 0 saturated carbocycles. The fraction of sp³-hybridized carbons (Fsp3) is 0.500. The van der Waals surface area contributed by atoms with Gasteiger partial charge in [-0.1, -0.05) is 22.9 Å². The number of hydrogen-bond donors (Lipinski definition) is 0. The van der Waals surface area contributed by atoms with Crippen molar-refractivity contribution in [3.05, 3.63) is 33.8 Å². The summed E-state index contributed by atoms with van der Waals surface area (Å²) in [5.74, 6) is -0.433. The van der Waals surface area contributed by atoms with E-state index in [-0.39, 0.29) is 24.3 Å². The van der Waals surface area contributed by atoms with Gasteiger partial charge in [0.1, 0.15) is 0 Å². The molecule has 1 aromatic rings. The minimum atomic E-state index is -0.273. The van der Waals surface area contributed by atoms with Crippen LogP contribution in [0.3, 0.4) is 0 Å². The van der Waals surface area contributed by atoms with E-state index in [1.807, 2.05) is 4.90 Å². The van der Waals surface area contributed by atoms with E-state index >= 15 is 0 Å². The van der Waals surface area contributed by atoms with Gasteiger partial charge >= 0.3 is 0 Å². The van der Waals surface area contributed by atoms with Gasteiger partial charge < -0.3 is 9.80 Å². The Bertz CT molecular complexity index is 699. The zero-order valence-electron chi connectivity index (χ0n) is 14.3. The summed E-state index contributed by atoms with van der Waals surface area (Å²) in [6, 6.07) is 5.10. The van der Waals surface area contributed by atoms with Crippen molar-refractivity contribution in [2.24, 2.45) is 0 Å². The van der Waals surface area contributed by atoms with E-state index in [1.54, 1.807) is 18.2 Å². The highest BCUT2D eigenvalue weighted by Crippen LogP contribution is 2.26. The Hall–Kier alpha value is -1.73. The SMILES string of the molecule is CCN1CCN(C(=O)CCCN2C(=O)c3ccc(Br)cc3C2=O)CC1. The minimum absolute atomic E-state index is 0.107. The first-order chi connectivity index (χ1) is 12.0. The number of likely N-dealkylation sites (N-methyl/N-ethyl adjacent to an activating group) is 1. The molecule has 0 N–H and O–H groups in total. The Morgan fingerprint density at radius 1 is 1.08 bits per heavy atom. The van der Waals surface area contributed by atoms with Crippen LogP contribution < -0.4 is 0 Å². The Morgan fingerprint density at radius 3 is 2.44 bits per heavy atom. The largest absolute Gasteiger partial charge is 0.340 e. The van der Waals surface area contributed by atoms with Gasteiger partial charge in [0.2, 0.25) is 5.91 Å². The maximum absolute atomic E-state index is 12.4. The fourth-order valence-corrected chi connectivity index (χ4v) is 3.69. The summed E-state index contributed by atoms with van der Waals surface area (Å²) < 4.78 is 0.774. The number of benzene rings is 1. The van der Waals surface area contributed by atoms with Crippen molar-refractivity contribution < 1.29 is 14.4 Å². The average molecular weight is 408 g/mol. The number of fused-ring (bicyclic) bond motifs is 1. The van der Waals surface area contributed by atoms with E-state index in [0.717, 1.165) is 37.2 Å². The van der Waals surface area contributed by atoms with Gasteiger partial charge in [-0.25, -0.2) is 0 Å². The Kier molecular flexibility index (Phi) is 5.54. The summed E-state index contributed by atoms with van der Waals surface area (Å²) in [4.78, 5) is 42.5. The summed E-state index contributed by atoms with van der Waals surface area (Å²) in [7, 11) is 0. The molecule has 1 fully saturated rings. The summed E-state index contributed by atoms with van der Waals surface area (Å²) in [5, 5.41) is 0. The van der Waals surface area contributed by atoms with Gasteiger partial charge in [-0.05, 0) is 31.2 Å². The topological polar surface area (TPSA) is 60.9 Å². The molecule has 7 heteroatoms. The van der Waals surface area contributed by atoms with Crippen molar-refractivity contribution in [3.8, 4) is 0 Å². The number of carbonyl (C=O) groups is 3. The molecule has 134 valence electrons. The van der Waals surface area contributed by atoms with E-state index in [4.69, 9.17) is 0 Å². The normalized spacial score (nSPS) is 18.0. The Labute approximate surface area is 155 Å². The van der Waals surface area contributed by atoms with Gasteiger partial charge in [-0.15, -0.1) is 0 Å². The quantitative estimate of drug-likeness (QED) is 0.700. The number of nitrogens with zero attached hydrogens (tertiary/aromatic N) is 3. The molecular weight excluding hydrogens is 386 g/mol. The van der Waals surface area contributed by atoms with E-state index in [0.29, 0.717) is 24.0 Å². The van der Waals surface area contributed by atoms with Crippen LogP contribution in [0.1, 0.15) is 40.5 Å². The van der Waals surface area contributed by atoms with Crippen molar-refractivity contribution >= 4 is 33.7 Å². The number of rotatable bonds is 5. The molecule has 2 aliphatic heterocycles. The van der Waals surface area contributed by atoms with Crippen LogP contribution >= 0.6 is 15.9 Å². The maximum atomic E-state index is 12.4. The van der Waals surface area contributed by atoms with Crippen LogP contribution in [-0.2, 0) is 4.79 Å². The lowest BCUT2D eigenvalue weighted by Crippen LogP contribution is -2.48. The molecule has 1 aromatic carbocycles. The standard InChI is InChI=1S/C18H22BrN3O3/c1-2-20-8-10-21(11-9-20)16(23)4-3-7-22-17(24)14-6-5-13(19)12-15(14)18(22)25/h5-6,12H,2-4,7-11H2,1H3. The van der Waals surface area contributed by atoms with Gasteiger partial charge in [0.05, 0.1) is 11.1 Å². The van der Waals surface area contributed by atoms with Crippen molar-refractivity contribution in [2.75, 3.05) is 39.3 Å². The zero-order chi connectivity index (χ0) is 18.0. The summed E-state index contributed by atoms with van der Waals surface area (Å²) in [6.07, 6.45) is 0.864. The average Bonchev–Trinajstić information content (AvgIpc) is 2.86. The fourth-order valence-electron chi connectivity index (χ4n) is 3.33. The highest BCUT2D eigenvalue weighted by atomic mass is 79.9. The third kappa shape index (κ3) is 3.77. The Morgan fingerprint density at radius 2 is 1.76 bits per heavy atom. The molecule has 6 nitrogen and oxygen atoms in total. The molecule has 25 heavy (non-hydrogen) atoms. The van der Waals surface area contributed by atoms with E-state index < -0.39 is 0 Å². The van der Waals surface area contributed by atoms with E-state index in [1.165, 1.54) is 4.90 Å². The molecule has 0 aliphatic carbocycles. The highest BCUT2D eigenvalue weighted by Gasteiger charge is 2.35. The van der Waals surface area contributed by atoms with Crippen LogP contribution in [0.4, 0.5) is 0 Å². The lowest BCUT2D eigenvalue weighted by Gasteiger charge is -2.34. The molecule has 1 saturated heterocycles. The molecule has 0 bridgehead atoms. The third-order valence-electron chi connectivity index (χ3n) is 4.88. The number of carbonyl (C=O) groups excluding carboxylic acids is 3. The predicted octanol–water partition coefficient (Wildman–Crippen LogP) is 1.99. The number of hydrogen-bond acceptors (Lipinski definition) is 4. The van der Waals surface area contributed by atoms with Crippen LogP contribution in [0, 0.1) is 0 Å². The second-order valence-electron chi connectivity index (χ2n) is 6.37. The van der Waals surface area contributed by atoms with Crippen molar-refractivity contribution in [2.45, 2.75) is 19.8 Å². The van der Waals surface area contributed by atoms with E-state index in [9.17, 15) is 14.4 Å². The summed E-state index contributed by atoms with van der Waals surface area (Å²) in [5.41, 5.74) is 0.872. The predicted molar refractivity (Wildman–Crippen MR) is 97.4 cm³/mol. The molecule has 0 aromatic heterocycles. The molecule has 0 radical (unpaired) electrons. The Balaban J connectivity index is 1.51. The van der Waals surface area contributed by atoms with Gasteiger partial charge in [-0.2, -0.15) is 0 Å². The summed E-state index contributed by atoms with van der Waals surface area (Å²) >= 11 is 3.32. The number of amides is 3. The minimum Gasteiger partial charge on any atom is -0.340 e. The first-order valence-corrected chi connectivity index (χ1v) is 9.46. The molecule has 2 heterocycles. The third-order valence-corrected chi connectivity index (χ3v) is 5.37. The molecule has 0 atom stereocenters. The zero-order valence-corrected chi connectivity index (χ0v) is 15.9. The monoisotopic (exact) mass is 407 g/mol. The maximum Gasteiger partial charge on any atom is 0.261 e. The van der Waals surface area contributed by atoms with Gasteiger partial charge in [-0.3, -0.25) is 19.3 Å². The van der Waals surface area contributed by atoms with E-state index in [2.05, 4.69) is 27.8 Å². The lowest BCUT2D eigenvalue weighted by molar-refractivity contribution is -0.133. The van der Waals surface area contributed by atoms with Crippen LogP contribution in [0.5, 0.6) is 0 Å². The van der Waals surface area contributed by atoms with Crippen LogP contribution in [0.25, 0.3) is 0 Å². The van der Waals surface area contributed by atoms with Crippen LogP contribution in [0.15, 0.2) is 22.7 Å². The van der Waals surface area contributed by atoms with Crippen molar-refractivity contribution in [1.29, 1.82) is 0 Å². The highest BCUT2D eigenvalue weighted by molar-refractivity contribution is 9.10. The smallest absolute Gasteiger partial charge is 0.261 e. The van der Waals surface area contributed by atoms with Crippen LogP contribution in [-0.4, -0.2) is 71.7 Å². The molecular formula is C18H22BrN3O3. The summed E-state index contributed by atoms with van der Waals surface area (Å²) in [6.45, 7) is 6.76. The first kappa shape index (κ1) is 18.1. The van der Waals surface area contributed by atoms with Crippen molar-refractivity contribution in [1.82, 2.24) is 14.7 Å². The number of imide groups is 1. The lowest BCUT2D eigenvalue weighted by atomic mass is 10.1. The molecule has 3 rings (SSSR count). The van der Waals surface area contributed by atoms with Crippen LogP contribution in [0.2, 0.25) is 0 Å². The van der Waals surface area contributed by atoms with Gasteiger partial charge in [0.25, 0.3) is 11.8 Å². The first-order valence-electron chi connectivity index (χ1n) is 8.67. The van der Waals surface area contributed by atoms with Crippen molar-refractivity contribution in [3.63, 3.8) is 0 Å². The molecule has 0 spiro atoms. The second-order valence-corrected chi connectivity index (χ2v) is 7.29. The second kappa shape index (κ2) is 7.66. The van der Waals surface area contributed by atoms with Gasteiger partial charge in [0.15, 0.2) is 0 Å².